The van der Waals surface area contributed by atoms with Gasteiger partial charge in [-0.15, -0.1) is 0 Å². The Balaban J connectivity index is 1.90. The molecule has 0 atom stereocenters. The molecule has 4 heteroatoms. The number of hydrogen-bond donors (Lipinski definition) is 1. The maximum Gasteiger partial charge on any atom is 0.231 e. The Bertz CT molecular complexity index is 509. The molecule has 0 radical (unpaired) electrons. The number of ether oxygens (including phenoxy) is 1. The van der Waals surface area contributed by atoms with Crippen molar-refractivity contribution in [3.8, 4) is 0 Å². The summed E-state index contributed by atoms with van der Waals surface area (Å²) < 4.78 is 5.45. The van der Waals surface area contributed by atoms with Crippen LogP contribution in [0.4, 0.5) is 5.69 Å². The van der Waals surface area contributed by atoms with Gasteiger partial charge < -0.3 is 15.0 Å². The van der Waals surface area contributed by atoms with E-state index in [0.29, 0.717) is 6.42 Å². The Hall–Kier alpha value is -1.39. The summed E-state index contributed by atoms with van der Waals surface area (Å²) in [5.41, 5.74) is 3.66. The normalized spacial score (nSPS) is 20.3. The predicted molar refractivity (Wildman–Crippen MR) is 74.6 cm³/mol. The fraction of sp³-hybridized carbons (Fsp3) is 0.533. The Morgan fingerprint density at radius 3 is 2.84 bits per heavy atom. The third kappa shape index (κ3) is 1.95. The number of nitrogens with zero attached hydrogens (tertiary/aromatic N) is 1. The fourth-order valence-electron chi connectivity index (χ4n) is 2.97. The number of fused-ring (bicyclic) bond motifs is 1. The molecule has 1 amide bonds. The minimum atomic E-state index is 0.141. The van der Waals surface area contributed by atoms with E-state index >= 15 is 0 Å². The molecule has 3 rings (SSSR count). The van der Waals surface area contributed by atoms with E-state index in [0.717, 1.165) is 37.4 Å². The largest absolute Gasteiger partial charge is 0.379 e. The monoisotopic (exact) mass is 260 g/mol. The van der Waals surface area contributed by atoms with Gasteiger partial charge >= 0.3 is 0 Å². The van der Waals surface area contributed by atoms with Crippen molar-refractivity contribution < 1.29 is 9.53 Å². The summed E-state index contributed by atoms with van der Waals surface area (Å²) in [5.74, 6) is 0.182. The molecule has 19 heavy (non-hydrogen) atoms. The maximum atomic E-state index is 11.7. The lowest BCUT2D eigenvalue weighted by atomic mass is 9.75. The van der Waals surface area contributed by atoms with Crippen molar-refractivity contribution in [2.24, 2.45) is 0 Å². The Labute approximate surface area is 113 Å². The van der Waals surface area contributed by atoms with Crippen molar-refractivity contribution in [2.75, 3.05) is 38.8 Å². The number of amides is 1. The maximum absolute atomic E-state index is 11.7. The highest BCUT2D eigenvalue weighted by molar-refractivity contribution is 6.00. The first-order valence-corrected chi connectivity index (χ1v) is 6.79. The number of likely N-dealkylation sites (N-methyl/N-ethyl adjacent to an activating group) is 1. The standard InChI is InChI=1S/C15H20N2O2/c1-16-6-5-15(9-19-10-15)12-3-4-13-11(7-12)8-14(18)17(13)2/h3-4,7,16H,5-6,8-10H2,1-2H3. The molecule has 2 aliphatic rings. The predicted octanol–water partition coefficient (Wildman–Crippen LogP) is 1.08. The smallest absolute Gasteiger partial charge is 0.231 e. The molecule has 0 aromatic heterocycles. The third-order valence-electron chi connectivity index (χ3n) is 4.38. The van der Waals surface area contributed by atoms with Crippen LogP contribution in [0.15, 0.2) is 18.2 Å². The van der Waals surface area contributed by atoms with Crippen LogP contribution in [0.25, 0.3) is 0 Å². The molecule has 2 heterocycles. The van der Waals surface area contributed by atoms with Crippen LogP contribution in [0.5, 0.6) is 0 Å². The molecule has 0 bridgehead atoms. The number of nitrogens with one attached hydrogen (secondary N) is 1. The molecule has 0 saturated carbocycles. The highest BCUT2D eigenvalue weighted by Crippen LogP contribution is 2.39. The third-order valence-corrected chi connectivity index (χ3v) is 4.38. The van der Waals surface area contributed by atoms with Gasteiger partial charge in [-0.05, 0) is 37.2 Å². The van der Waals surface area contributed by atoms with Gasteiger partial charge in [0.1, 0.15) is 0 Å². The van der Waals surface area contributed by atoms with E-state index in [1.165, 1.54) is 5.56 Å². The zero-order chi connectivity index (χ0) is 13.5. The van der Waals surface area contributed by atoms with Crippen LogP contribution in [0.1, 0.15) is 17.5 Å². The van der Waals surface area contributed by atoms with Crippen molar-refractivity contribution in [1.82, 2.24) is 5.32 Å². The topological polar surface area (TPSA) is 41.6 Å². The SMILES string of the molecule is CNCCC1(c2ccc3c(c2)CC(=O)N3C)COC1. The van der Waals surface area contributed by atoms with Crippen LogP contribution in [-0.4, -0.2) is 39.8 Å². The zero-order valence-corrected chi connectivity index (χ0v) is 11.5. The molecule has 1 saturated heterocycles. The summed E-state index contributed by atoms with van der Waals surface area (Å²) in [7, 11) is 3.82. The van der Waals surface area contributed by atoms with Crippen molar-refractivity contribution in [2.45, 2.75) is 18.3 Å². The lowest BCUT2D eigenvalue weighted by molar-refractivity contribution is -0.117. The summed E-state index contributed by atoms with van der Waals surface area (Å²) in [6.45, 7) is 2.56. The first kappa shape index (κ1) is 12.6. The van der Waals surface area contributed by atoms with Crippen LogP contribution in [0, 0.1) is 0 Å². The van der Waals surface area contributed by atoms with Gasteiger partial charge in [-0.25, -0.2) is 0 Å². The molecule has 0 unspecified atom stereocenters. The summed E-state index contributed by atoms with van der Waals surface area (Å²) in [5, 5.41) is 3.21. The summed E-state index contributed by atoms with van der Waals surface area (Å²) >= 11 is 0. The van der Waals surface area contributed by atoms with Crippen LogP contribution in [0.3, 0.4) is 0 Å². The molecule has 0 aliphatic carbocycles. The highest BCUT2D eigenvalue weighted by atomic mass is 16.5. The summed E-state index contributed by atoms with van der Waals surface area (Å²) in [4.78, 5) is 13.5. The number of anilines is 1. The molecule has 0 spiro atoms. The van der Waals surface area contributed by atoms with E-state index in [1.807, 2.05) is 14.1 Å². The van der Waals surface area contributed by atoms with E-state index < -0.39 is 0 Å². The average Bonchev–Trinajstić information content (AvgIpc) is 2.64. The molecular weight excluding hydrogens is 240 g/mol. The van der Waals surface area contributed by atoms with E-state index in [2.05, 4.69) is 23.5 Å². The molecule has 1 N–H and O–H groups in total. The van der Waals surface area contributed by atoms with E-state index in [1.54, 1.807) is 4.90 Å². The average molecular weight is 260 g/mol. The Morgan fingerprint density at radius 1 is 1.42 bits per heavy atom. The van der Waals surface area contributed by atoms with Crippen molar-refractivity contribution in [3.63, 3.8) is 0 Å². The number of benzene rings is 1. The van der Waals surface area contributed by atoms with Gasteiger partial charge in [0.05, 0.1) is 19.6 Å². The van der Waals surface area contributed by atoms with Crippen LogP contribution >= 0.6 is 0 Å². The molecule has 4 nitrogen and oxygen atoms in total. The van der Waals surface area contributed by atoms with Crippen molar-refractivity contribution in [1.29, 1.82) is 0 Å². The van der Waals surface area contributed by atoms with Crippen molar-refractivity contribution >= 4 is 11.6 Å². The van der Waals surface area contributed by atoms with Gasteiger partial charge in [-0.1, -0.05) is 12.1 Å². The lowest BCUT2D eigenvalue weighted by Gasteiger charge is -2.42. The van der Waals surface area contributed by atoms with Gasteiger partial charge in [0.25, 0.3) is 0 Å². The second kappa shape index (κ2) is 4.62. The quantitative estimate of drug-likeness (QED) is 0.881. The van der Waals surface area contributed by atoms with Crippen LogP contribution in [0.2, 0.25) is 0 Å². The van der Waals surface area contributed by atoms with E-state index in [9.17, 15) is 4.79 Å². The van der Waals surface area contributed by atoms with Gasteiger partial charge in [0.15, 0.2) is 0 Å². The van der Waals surface area contributed by atoms with Gasteiger partial charge in [0, 0.05) is 18.2 Å². The van der Waals surface area contributed by atoms with Gasteiger partial charge in [0.2, 0.25) is 5.91 Å². The first-order chi connectivity index (χ1) is 9.16. The Morgan fingerprint density at radius 2 is 2.21 bits per heavy atom. The number of carbonyl (C=O) groups excluding carboxylic acids is 1. The van der Waals surface area contributed by atoms with Gasteiger partial charge in [-0.3, -0.25) is 4.79 Å². The molecular formula is C15H20N2O2. The summed E-state index contributed by atoms with van der Waals surface area (Å²) in [6.07, 6.45) is 1.61. The number of carbonyl (C=O) groups is 1. The fourth-order valence-corrected chi connectivity index (χ4v) is 2.97. The molecule has 1 aromatic rings. The Kier molecular flexibility index (Phi) is 3.07. The summed E-state index contributed by atoms with van der Waals surface area (Å²) in [6, 6.07) is 6.44. The minimum Gasteiger partial charge on any atom is -0.379 e. The molecule has 1 fully saturated rings. The minimum absolute atomic E-state index is 0.141. The van der Waals surface area contributed by atoms with E-state index in [-0.39, 0.29) is 11.3 Å². The zero-order valence-electron chi connectivity index (χ0n) is 11.5. The van der Waals surface area contributed by atoms with Crippen LogP contribution in [-0.2, 0) is 21.4 Å². The second-order valence-corrected chi connectivity index (χ2v) is 5.60. The molecule has 1 aromatic carbocycles. The van der Waals surface area contributed by atoms with E-state index in [4.69, 9.17) is 4.74 Å². The molecule has 2 aliphatic heterocycles. The highest BCUT2D eigenvalue weighted by Gasteiger charge is 2.40. The molecule has 102 valence electrons. The number of rotatable bonds is 4. The number of hydrogen-bond acceptors (Lipinski definition) is 3. The second-order valence-electron chi connectivity index (χ2n) is 5.60. The van der Waals surface area contributed by atoms with Gasteiger partial charge in [-0.2, -0.15) is 0 Å². The lowest BCUT2D eigenvalue weighted by Crippen LogP contribution is -2.48. The first-order valence-electron chi connectivity index (χ1n) is 6.79. The van der Waals surface area contributed by atoms with Crippen molar-refractivity contribution in [3.05, 3.63) is 29.3 Å². The van der Waals surface area contributed by atoms with Crippen LogP contribution < -0.4 is 10.2 Å².